The Kier molecular flexibility index (Phi) is 5.06. The molecule has 0 unspecified atom stereocenters. The Labute approximate surface area is 148 Å². The van der Waals surface area contributed by atoms with E-state index in [1.54, 1.807) is 16.9 Å². The largest absolute Gasteiger partial charge is 0.350 e. The van der Waals surface area contributed by atoms with E-state index < -0.39 is 5.54 Å². The Balaban J connectivity index is 2.48. The first kappa shape index (κ1) is 18.5. The first-order chi connectivity index (χ1) is 11.0. The van der Waals surface area contributed by atoms with Gasteiger partial charge >= 0.3 is 0 Å². The number of rotatable bonds is 4. The van der Waals surface area contributed by atoms with Crippen LogP contribution in [-0.2, 0) is 5.54 Å². The molecule has 2 aromatic rings. The highest BCUT2D eigenvalue weighted by Crippen LogP contribution is 2.30. The minimum absolute atomic E-state index is 0.209. The Morgan fingerprint density at radius 2 is 1.88 bits per heavy atom. The maximum Gasteiger partial charge on any atom is 0.255 e. The number of benzene rings is 1. The molecule has 24 heavy (non-hydrogen) atoms. The molecule has 0 saturated heterocycles. The fraction of sp³-hybridized carbons (Fsp3) is 0.444. The van der Waals surface area contributed by atoms with Gasteiger partial charge < -0.3 is 11.1 Å². The van der Waals surface area contributed by atoms with E-state index in [1.165, 1.54) is 0 Å². The molecule has 1 amide bonds. The normalized spacial score (nSPS) is 12.3. The molecular weight excluding hydrogens is 324 g/mol. The highest BCUT2D eigenvalue weighted by molar-refractivity contribution is 6.33. The number of hydrogen-bond acceptors (Lipinski definition) is 3. The Hall–Kier alpha value is -1.85. The van der Waals surface area contributed by atoms with Gasteiger partial charge in [0, 0.05) is 23.8 Å². The SMILES string of the molecule is CC(C)(N)CNC(=O)c1cn(C(C)(C)C)nc1-c1ccccc1Cl. The molecule has 0 spiro atoms. The van der Waals surface area contributed by atoms with E-state index in [2.05, 4.69) is 10.4 Å². The van der Waals surface area contributed by atoms with Gasteiger partial charge in [0.15, 0.2) is 0 Å². The molecule has 1 heterocycles. The summed E-state index contributed by atoms with van der Waals surface area (Å²) in [6, 6.07) is 7.38. The maximum absolute atomic E-state index is 12.7. The first-order valence-corrected chi connectivity index (χ1v) is 8.29. The van der Waals surface area contributed by atoms with Crippen LogP contribution in [0, 0.1) is 0 Å². The van der Waals surface area contributed by atoms with Gasteiger partial charge in [0.1, 0.15) is 5.69 Å². The number of halogens is 1. The lowest BCUT2D eigenvalue weighted by Gasteiger charge is -2.19. The van der Waals surface area contributed by atoms with Crippen molar-refractivity contribution in [1.29, 1.82) is 0 Å². The third-order valence-corrected chi connectivity index (χ3v) is 3.81. The summed E-state index contributed by atoms with van der Waals surface area (Å²) in [6.07, 6.45) is 1.76. The van der Waals surface area contributed by atoms with E-state index in [0.29, 0.717) is 22.8 Å². The van der Waals surface area contributed by atoms with Gasteiger partial charge in [-0.3, -0.25) is 9.48 Å². The van der Waals surface area contributed by atoms with Crippen LogP contribution in [0.4, 0.5) is 0 Å². The number of nitrogens with one attached hydrogen (secondary N) is 1. The molecule has 0 saturated carbocycles. The summed E-state index contributed by atoms with van der Waals surface area (Å²) in [5.41, 5.74) is 7.01. The van der Waals surface area contributed by atoms with E-state index in [-0.39, 0.29) is 11.4 Å². The fourth-order valence-electron chi connectivity index (χ4n) is 2.14. The summed E-state index contributed by atoms with van der Waals surface area (Å²) in [4.78, 5) is 12.7. The Morgan fingerprint density at radius 3 is 2.42 bits per heavy atom. The molecule has 0 aliphatic rings. The molecule has 3 N–H and O–H groups in total. The van der Waals surface area contributed by atoms with Gasteiger partial charge in [-0.05, 0) is 40.7 Å². The number of nitrogens with zero attached hydrogens (tertiary/aromatic N) is 2. The zero-order valence-electron chi connectivity index (χ0n) is 14.9. The topological polar surface area (TPSA) is 72.9 Å². The van der Waals surface area contributed by atoms with Crippen molar-refractivity contribution in [2.24, 2.45) is 5.73 Å². The second-order valence-corrected chi connectivity index (χ2v) is 8.07. The summed E-state index contributed by atoms with van der Waals surface area (Å²) < 4.78 is 1.79. The molecule has 1 aromatic heterocycles. The molecule has 0 fully saturated rings. The molecule has 6 heteroatoms. The Morgan fingerprint density at radius 1 is 1.25 bits per heavy atom. The molecule has 0 aliphatic heterocycles. The molecular formula is C18H25ClN4O. The summed E-state index contributed by atoms with van der Waals surface area (Å²) in [6.45, 7) is 10.2. The van der Waals surface area contributed by atoms with Crippen molar-refractivity contribution in [1.82, 2.24) is 15.1 Å². The summed E-state index contributed by atoms with van der Waals surface area (Å²) in [5, 5.41) is 8.05. The number of carbonyl (C=O) groups is 1. The Bertz CT molecular complexity index is 738. The van der Waals surface area contributed by atoms with Crippen LogP contribution in [0.3, 0.4) is 0 Å². The van der Waals surface area contributed by atoms with Gasteiger partial charge in [0.25, 0.3) is 5.91 Å². The predicted molar refractivity (Wildman–Crippen MR) is 98.3 cm³/mol. The third kappa shape index (κ3) is 4.36. The van der Waals surface area contributed by atoms with Crippen LogP contribution >= 0.6 is 11.6 Å². The van der Waals surface area contributed by atoms with Crippen LogP contribution in [0.25, 0.3) is 11.3 Å². The van der Waals surface area contributed by atoms with Crippen LogP contribution < -0.4 is 11.1 Å². The fourth-order valence-corrected chi connectivity index (χ4v) is 2.36. The van der Waals surface area contributed by atoms with Crippen molar-refractivity contribution in [2.45, 2.75) is 45.7 Å². The van der Waals surface area contributed by atoms with Crippen LogP contribution in [0.5, 0.6) is 0 Å². The molecule has 2 rings (SSSR count). The second kappa shape index (κ2) is 6.57. The highest BCUT2D eigenvalue weighted by Gasteiger charge is 2.24. The smallest absolute Gasteiger partial charge is 0.255 e. The van der Waals surface area contributed by atoms with Crippen LogP contribution in [0.2, 0.25) is 5.02 Å². The number of hydrogen-bond donors (Lipinski definition) is 2. The van der Waals surface area contributed by atoms with E-state index in [4.69, 9.17) is 17.3 Å². The lowest BCUT2D eigenvalue weighted by atomic mass is 10.1. The van der Waals surface area contributed by atoms with E-state index in [0.717, 1.165) is 5.56 Å². The zero-order valence-corrected chi connectivity index (χ0v) is 15.6. The summed E-state index contributed by atoms with van der Waals surface area (Å²) in [7, 11) is 0. The minimum atomic E-state index is -0.486. The molecule has 1 aromatic carbocycles. The third-order valence-electron chi connectivity index (χ3n) is 3.48. The van der Waals surface area contributed by atoms with Gasteiger partial charge in [-0.25, -0.2) is 0 Å². The van der Waals surface area contributed by atoms with Crippen molar-refractivity contribution in [3.63, 3.8) is 0 Å². The quantitative estimate of drug-likeness (QED) is 0.889. The van der Waals surface area contributed by atoms with Gasteiger partial charge in [0.2, 0.25) is 0 Å². The summed E-state index contributed by atoms with van der Waals surface area (Å²) >= 11 is 6.31. The van der Waals surface area contributed by atoms with Crippen molar-refractivity contribution in [3.05, 3.63) is 41.0 Å². The van der Waals surface area contributed by atoms with Crippen LogP contribution in [0.1, 0.15) is 45.0 Å². The second-order valence-electron chi connectivity index (χ2n) is 7.66. The molecule has 0 bridgehead atoms. The predicted octanol–water partition coefficient (Wildman–Crippen LogP) is 3.43. The summed E-state index contributed by atoms with van der Waals surface area (Å²) in [5.74, 6) is -0.209. The van der Waals surface area contributed by atoms with E-state index in [1.807, 2.05) is 52.8 Å². The molecule has 0 atom stereocenters. The molecule has 0 radical (unpaired) electrons. The van der Waals surface area contributed by atoms with Crippen molar-refractivity contribution < 1.29 is 4.79 Å². The van der Waals surface area contributed by atoms with Crippen molar-refractivity contribution in [2.75, 3.05) is 6.54 Å². The monoisotopic (exact) mass is 348 g/mol. The maximum atomic E-state index is 12.7. The van der Waals surface area contributed by atoms with Crippen LogP contribution in [0.15, 0.2) is 30.5 Å². The number of nitrogens with two attached hydrogens (primary N) is 1. The lowest BCUT2D eigenvalue weighted by molar-refractivity contribution is 0.0946. The lowest BCUT2D eigenvalue weighted by Crippen LogP contribution is -2.45. The molecule has 0 aliphatic carbocycles. The van der Waals surface area contributed by atoms with E-state index >= 15 is 0 Å². The number of aromatic nitrogens is 2. The number of amides is 1. The van der Waals surface area contributed by atoms with Crippen molar-refractivity contribution >= 4 is 17.5 Å². The average molecular weight is 349 g/mol. The number of carbonyl (C=O) groups excluding carboxylic acids is 1. The van der Waals surface area contributed by atoms with Gasteiger partial charge in [-0.15, -0.1) is 0 Å². The zero-order chi connectivity index (χ0) is 18.1. The van der Waals surface area contributed by atoms with Gasteiger partial charge in [0.05, 0.1) is 16.1 Å². The van der Waals surface area contributed by atoms with Gasteiger partial charge in [-0.2, -0.15) is 5.10 Å². The van der Waals surface area contributed by atoms with Crippen molar-refractivity contribution in [3.8, 4) is 11.3 Å². The van der Waals surface area contributed by atoms with E-state index in [9.17, 15) is 4.79 Å². The average Bonchev–Trinajstić information content (AvgIpc) is 2.89. The standard InChI is InChI=1S/C18H25ClN4O/c1-17(2,3)23-10-13(16(24)21-11-18(4,5)20)15(22-23)12-8-6-7-9-14(12)19/h6-10H,11,20H2,1-5H3,(H,21,24). The highest BCUT2D eigenvalue weighted by atomic mass is 35.5. The minimum Gasteiger partial charge on any atom is -0.350 e. The first-order valence-electron chi connectivity index (χ1n) is 7.91. The van der Waals surface area contributed by atoms with Crippen LogP contribution in [-0.4, -0.2) is 27.8 Å². The molecule has 130 valence electrons. The van der Waals surface area contributed by atoms with Gasteiger partial charge in [-0.1, -0.05) is 29.8 Å². The molecule has 5 nitrogen and oxygen atoms in total.